The number of aliphatic carboxylic acids is 1. The maximum absolute atomic E-state index is 12.1. The van der Waals surface area contributed by atoms with Gasteiger partial charge >= 0.3 is 5.97 Å². The van der Waals surface area contributed by atoms with E-state index in [1.165, 1.54) is 18.2 Å². The smallest absolute Gasteiger partial charge is 0.328 e. The Morgan fingerprint density at radius 1 is 1.20 bits per heavy atom. The summed E-state index contributed by atoms with van der Waals surface area (Å²) in [4.78, 5) is 10.6. The molecule has 0 saturated carbocycles. The van der Waals surface area contributed by atoms with Gasteiger partial charge < -0.3 is 5.11 Å². The second kappa shape index (κ2) is 6.02. The Labute approximate surface area is 117 Å². The van der Waals surface area contributed by atoms with Crippen LogP contribution in [-0.2, 0) is 14.8 Å². The van der Waals surface area contributed by atoms with Crippen LogP contribution in [0.5, 0.6) is 0 Å². The zero-order valence-electron chi connectivity index (χ0n) is 10.7. The van der Waals surface area contributed by atoms with E-state index in [2.05, 4.69) is 4.72 Å². The highest BCUT2D eigenvalue weighted by atomic mass is 32.2. The molecule has 1 aliphatic rings. The van der Waals surface area contributed by atoms with Gasteiger partial charge in [0.15, 0.2) is 0 Å². The van der Waals surface area contributed by atoms with Gasteiger partial charge in [0.05, 0.1) is 4.90 Å². The lowest BCUT2D eigenvalue weighted by Gasteiger charge is -2.12. The standard InChI is InChI=1S/C14H15NO4S/c16-14(17)10-7-11-5-8-13(9-6-11)20(18,19)15-12-3-1-2-4-12/h1-2,5-10,12,15H,3-4H2,(H,16,17)/b10-7+. The maximum Gasteiger partial charge on any atom is 0.328 e. The van der Waals surface area contributed by atoms with Crippen LogP contribution >= 0.6 is 0 Å². The van der Waals surface area contributed by atoms with Crippen LogP contribution in [0.4, 0.5) is 0 Å². The minimum Gasteiger partial charge on any atom is -0.478 e. The van der Waals surface area contributed by atoms with Crippen molar-refractivity contribution in [2.24, 2.45) is 0 Å². The molecule has 5 nitrogen and oxygen atoms in total. The first kappa shape index (κ1) is 14.5. The molecule has 0 amide bonds. The van der Waals surface area contributed by atoms with E-state index >= 15 is 0 Å². The van der Waals surface area contributed by atoms with Gasteiger partial charge in [0.1, 0.15) is 0 Å². The van der Waals surface area contributed by atoms with Crippen molar-refractivity contribution in [1.29, 1.82) is 0 Å². The molecule has 6 heteroatoms. The molecule has 1 aromatic carbocycles. The van der Waals surface area contributed by atoms with E-state index in [1.54, 1.807) is 12.1 Å². The molecule has 1 aliphatic carbocycles. The zero-order chi connectivity index (χ0) is 14.6. The molecule has 0 spiro atoms. The molecule has 106 valence electrons. The van der Waals surface area contributed by atoms with Gasteiger partial charge in [0.25, 0.3) is 0 Å². The molecule has 1 aromatic rings. The van der Waals surface area contributed by atoms with Gasteiger partial charge in [-0.05, 0) is 36.6 Å². The highest BCUT2D eigenvalue weighted by Gasteiger charge is 2.20. The lowest BCUT2D eigenvalue weighted by atomic mass is 10.2. The Balaban J connectivity index is 2.10. The van der Waals surface area contributed by atoms with Crippen LogP contribution in [0.25, 0.3) is 6.08 Å². The van der Waals surface area contributed by atoms with Crippen LogP contribution in [0.2, 0.25) is 0 Å². The van der Waals surface area contributed by atoms with E-state index in [0.29, 0.717) is 18.4 Å². The normalized spacial score (nSPS) is 16.0. The highest BCUT2D eigenvalue weighted by molar-refractivity contribution is 7.89. The number of carboxylic acid groups (broad SMARTS) is 1. The van der Waals surface area contributed by atoms with Crippen LogP contribution in [0.15, 0.2) is 47.4 Å². The summed E-state index contributed by atoms with van der Waals surface area (Å²) < 4.78 is 26.9. The summed E-state index contributed by atoms with van der Waals surface area (Å²) in [6.07, 6.45) is 7.73. The van der Waals surface area contributed by atoms with Crippen LogP contribution in [-0.4, -0.2) is 25.5 Å². The van der Waals surface area contributed by atoms with Crippen LogP contribution in [0.1, 0.15) is 18.4 Å². The van der Waals surface area contributed by atoms with Crippen molar-refractivity contribution in [3.8, 4) is 0 Å². The van der Waals surface area contributed by atoms with Gasteiger partial charge in [-0.2, -0.15) is 0 Å². The van der Waals surface area contributed by atoms with E-state index in [4.69, 9.17) is 5.11 Å². The minimum atomic E-state index is -3.52. The van der Waals surface area contributed by atoms with Crippen molar-refractivity contribution in [2.75, 3.05) is 0 Å². The topological polar surface area (TPSA) is 83.5 Å². The van der Waals surface area contributed by atoms with Gasteiger partial charge in [0.2, 0.25) is 10.0 Å². The molecule has 0 bridgehead atoms. The molecule has 0 unspecified atom stereocenters. The second-order valence-electron chi connectivity index (χ2n) is 4.50. The van der Waals surface area contributed by atoms with E-state index in [1.807, 2.05) is 12.2 Å². The predicted molar refractivity (Wildman–Crippen MR) is 75.6 cm³/mol. The maximum atomic E-state index is 12.1. The number of carboxylic acids is 1. The third-order valence-electron chi connectivity index (χ3n) is 2.94. The zero-order valence-corrected chi connectivity index (χ0v) is 11.5. The van der Waals surface area contributed by atoms with E-state index < -0.39 is 16.0 Å². The van der Waals surface area contributed by atoms with Crippen LogP contribution in [0.3, 0.4) is 0 Å². The molecule has 2 rings (SSSR count). The number of rotatable bonds is 5. The third-order valence-corrected chi connectivity index (χ3v) is 4.47. The molecule has 0 atom stereocenters. The first-order valence-corrected chi connectivity index (χ1v) is 7.64. The number of sulfonamides is 1. The third kappa shape index (κ3) is 3.79. The number of nitrogens with one attached hydrogen (secondary N) is 1. The van der Waals surface area contributed by atoms with Gasteiger partial charge in [-0.15, -0.1) is 0 Å². The first-order valence-electron chi connectivity index (χ1n) is 6.16. The molecule has 20 heavy (non-hydrogen) atoms. The van der Waals surface area contributed by atoms with Gasteiger partial charge in [-0.3, -0.25) is 0 Å². The Morgan fingerprint density at radius 3 is 2.35 bits per heavy atom. The lowest BCUT2D eigenvalue weighted by molar-refractivity contribution is -0.131. The lowest BCUT2D eigenvalue weighted by Crippen LogP contribution is -2.32. The average Bonchev–Trinajstić information content (AvgIpc) is 2.89. The van der Waals surface area contributed by atoms with Crippen molar-refractivity contribution in [3.63, 3.8) is 0 Å². The predicted octanol–water partition coefficient (Wildman–Crippen LogP) is 1.78. The molecule has 0 heterocycles. The van der Waals surface area contributed by atoms with Crippen molar-refractivity contribution in [1.82, 2.24) is 4.72 Å². The molecule has 0 aliphatic heterocycles. The van der Waals surface area contributed by atoms with Gasteiger partial charge in [-0.1, -0.05) is 24.3 Å². The van der Waals surface area contributed by atoms with Crippen LogP contribution < -0.4 is 4.72 Å². The number of hydrogen-bond acceptors (Lipinski definition) is 3. The van der Waals surface area contributed by atoms with Gasteiger partial charge in [0, 0.05) is 12.1 Å². The fraction of sp³-hybridized carbons (Fsp3) is 0.214. The highest BCUT2D eigenvalue weighted by Crippen LogP contribution is 2.16. The Bertz CT molecular complexity index is 636. The monoisotopic (exact) mass is 293 g/mol. The molecular formula is C14H15NO4S. The summed E-state index contributed by atoms with van der Waals surface area (Å²) in [5, 5.41) is 8.52. The van der Waals surface area contributed by atoms with E-state index in [-0.39, 0.29) is 10.9 Å². The number of carbonyl (C=O) groups is 1. The summed E-state index contributed by atoms with van der Waals surface area (Å²) >= 11 is 0. The summed E-state index contributed by atoms with van der Waals surface area (Å²) in [6, 6.07) is 5.99. The van der Waals surface area contributed by atoms with Crippen molar-refractivity contribution >= 4 is 22.1 Å². The largest absolute Gasteiger partial charge is 0.478 e. The molecule has 0 saturated heterocycles. The summed E-state index contributed by atoms with van der Waals surface area (Å²) in [5.41, 5.74) is 0.633. The number of benzene rings is 1. The van der Waals surface area contributed by atoms with Crippen molar-refractivity contribution < 1.29 is 18.3 Å². The Kier molecular flexibility index (Phi) is 4.36. The molecule has 2 N–H and O–H groups in total. The molecular weight excluding hydrogens is 278 g/mol. The second-order valence-corrected chi connectivity index (χ2v) is 6.22. The summed E-state index contributed by atoms with van der Waals surface area (Å²) in [6.45, 7) is 0. The van der Waals surface area contributed by atoms with E-state index in [9.17, 15) is 13.2 Å². The Hall–Kier alpha value is -1.92. The van der Waals surface area contributed by atoms with Gasteiger partial charge in [-0.25, -0.2) is 17.9 Å². The summed E-state index contributed by atoms with van der Waals surface area (Å²) in [5.74, 6) is -1.04. The SMILES string of the molecule is O=C(O)/C=C/c1ccc(S(=O)(=O)NC2CC=CC2)cc1. The molecule has 0 fully saturated rings. The average molecular weight is 293 g/mol. The van der Waals surface area contributed by atoms with Crippen molar-refractivity contribution in [3.05, 3.63) is 48.1 Å². The minimum absolute atomic E-state index is 0.0772. The van der Waals surface area contributed by atoms with E-state index in [0.717, 1.165) is 6.08 Å². The summed E-state index contributed by atoms with van der Waals surface area (Å²) in [7, 11) is -3.52. The molecule has 0 aromatic heterocycles. The number of hydrogen-bond donors (Lipinski definition) is 2. The fourth-order valence-electron chi connectivity index (χ4n) is 1.93. The molecule has 0 radical (unpaired) electrons. The van der Waals surface area contributed by atoms with Crippen LogP contribution in [0, 0.1) is 0 Å². The van der Waals surface area contributed by atoms with Crippen molar-refractivity contribution in [2.45, 2.75) is 23.8 Å². The quantitative estimate of drug-likeness (QED) is 0.640. The Morgan fingerprint density at radius 2 is 1.80 bits per heavy atom. The fourth-order valence-corrected chi connectivity index (χ4v) is 3.19. The first-order chi connectivity index (χ1) is 9.47.